The molecule has 2 unspecified atom stereocenters. The lowest BCUT2D eigenvalue weighted by molar-refractivity contribution is 0.206. The van der Waals surface area contributed by atoms with Crippen molar-refractivity contribution in [2.75, 3.05) is 13.2 Å². The molecule has 1 aliphatic heterocycles. The minimum absolute atomic E-state index is 0.182. The Morgan fingerprint density at radius 2 is 1.90 bits per heavy atom. The van der Waals surface area contributed by atoms with Crippen molar-refractivity contribution in [1.29, 1.82) is 0 Å². The minimum atomic E-state index is 0.182. The lowest BCUT2D eigenvalue weighted by atomic mass is 10.1. The van der Waals surface area contributed by atoms with E-state index in [4.69, 9.17) is 9.84 Å². The molecule has 118 valence electrons. The summed E-state index contributed by atoms with van der Waals surface area (Å²) in [5.74, 6) is 0.940. The highest BCUT2D eigenvalue weighted by Crippen LogP contribution is 2.19. The van der Waals surface area contributed by atoms with Crippen LogP contribution in [-0.4, -0.2) is 30.4 Å². The van der Waals surface area contributed by atoms with E-state index in [0.717, 1.165) is 18.7 Å². The van der Waals surface area contributed by atoms with Crippen LogP contribution in [0.15, 0.2) is 24.3 Å². The second kappa shape index (κ2) is 9.06. The molecule has 0 aliphatic carbocycles. The van der Waals surface area contributed by atoms with Crippen molar-refractivity contribution in [1.82, 2.24) is 5.32 Å². The zero-order valence-corrected chi connectivity index (χ0v) is 13.2. The number of rotatable bonds is 9. The fourth-order valence-electron chi connectivity index (χ4n) is 2.87. The maximum absolute atomic E-state index is 9.10. The second-order valence-corrected chi connectivity index (χ2v) is 6.07. The van der Waals surface area contributed by atoms with Gasteiger partial charge < -0.3 is 15.2 Å². The molecular weight excluding hydrogens is 262 g/mol. The molecule has 1 aliphatic rings. The van der Waals surface area contributed by atoms with Crippen molar-refractivity contribution in [2.45, 2.75) is 64.0 Å². The summed E-state index contributed by atoms with van der Waals surface area (Å²) in [6.07, 6.45) is 8.88. The van der Waals surface area contributed by atoms with Crippen molar-refractivity contribution in [3.63, 3.8) is 0 Å². The average Bonchev–Trinajstić information content (AvgIpc) is 2.96. The summed E-state index contributed by atoms with van der Waals surface area (Å²) < 4.78 is 5.95. The molecule has 1 fully saturated rings. The Kier molecular flexibility index (Phi) is 7.04. The molecule has 1 aromatic carbocycles. The molecule has 2 N–H and O–H groups in total. The molecule has 2 atom stereocenters. The SMILES string of the molecule is CCCCCCCc1ccc(OC2CNC(CO)C2)cc1. The van der Waals surface area contributed by atoms with Crippen molar-refractivity contribution < 1.29 is 9.84 Å². The van der Waals surface area contributed by atoms with Crippen LogP contribution < -0.4 is 10.1 Å². The molecule has 1 aromatic rings. The van der Waals surface area contributed by atoms with Crippen molar-refractivity contribution in [3.8, 4) is 5.75 Å². The predicted octanol–water partition coefficient (Wildman–Crippen LogP) is 3.30. The zero-order chi connectivity index (χ0) is 14.9. The summed E-state index contributed by atoms with van der Waals surface area (Å²) in [6.45, 7) is 3.27. The summed E-state index contributed by atoms with van der Waals surface area (Å²) in [7, 11) is 0. The Morgan fingerprint density at radius 1 is 1.14 bits per heavy atom. The normalized spacial score (nSPS) is 21.6. The van der Waals surface area contributed by atoms with Crippen LogP contribution in [0.3, 0.4) is 0 Å². The summed E-state index contributed by atoms with van der Waals surface area (Å²) >= 11 is 0. The highest BCUT2D eigenvalue weighted by molar-refractivity contribution is 5.27. The lowest BCUT2D eigenvalue weighted by Gasteiger charge is -2.13. The van der Waals surface area contributed by atoms with Crippen LogP contribution in [0.4, 0.5) is 0 Å². The Labute approximate surface area is 128 Å². The third kappa shape index (κ3) is 5.68. The minimum Gasteiger partial charge on any atom is -0.489 e. The predicted molar refractivity (Wildman–Crippen MR) is 86.8 cm³/mol. The van der Waals surface area contributed by atoms with Gasteiger partial charge in [0.2, 0.25) is 0 Å². The fourth-order valence-corrected chi connectivity index (χ4v) is 2.87. The first-order valence-corrected chi connectivity index (χ1v) is 8.41. The Bertz CT molecular complexity index is 391. The van der Waals surface area contributed by atoms with Crippen LogP contribution in [0.25, 0.3) is 0 Å². The van der Waals surface area contributed by atoms with E-state index in [1.54, 1.807) is 0 Å². The van der Waals surface area contributed by atoms with Gasteiger partial charge >= 0.3 is 0 Å². The van der Waals surface area contributed by atoms with Crippen molar-refractivity contribution in [3.05, 3.63) is 29.8 Å². The topological polar surface area (TPSA) is 41.5 Å². The molecule has 2 rings (SSSR count). The van der Waals surface area contributed by atoms with Gasteiger partial charge in [-0.3, -0.25) is 0 Å². The summed E-state index contributed by atoms with van der Waals surface area (Å²) in [5.41, 5.74) is 1.40. The lowest BCUT2D eigenvalue weighted by Crippen LogP contribution is -2.25. The molecule has 0 amide bonds. The number of unbranched alkanes of at least 4 members (excludes halogenated alkanes) is 4. The molecule has 21 heavy (non-hydrogen) atoms. The number of hydrogen-bond donors (Lipinski definition) is 2. The number of nitrogens with one attached hydrogen (secondary N) is 1. The van der Waals surface area contributed by atoms with E-state index in [1.165, 1.54) is 44.1 Å². The van der Waals surface area contributed by atoms with E-state index in [1.807, 2.05) is 0 Å². The highest BCUT2D eigenvalue weighted by atomic mass is 16.5. The number of benzene rings is 1. The van der Waals surface area contributed by atoms with E-state index in [9.17, 15) is 0 Å². The van der Waals surface area contributed by atoms with Crippen LogP contribution >= 0.6 is 0 Å². The monoisotopic (exact) mass is 291 g/mol. The number of ether oxygens (including phenoxy) is 1. The van der Waals surface area contributed by atoms with Crippen molar-refractivity contribution in [2.24, 2.45) is 0 Å². The van der Waals surface area contributed by atoms with Gasteiger partial charge in [0.25, 0.3) is 0 Å². The molecule has 0 aromatic heterocycles. The first-order valence-electron chi connectivity index (χ1n) is 8.41. The number of aliphatic hydroxyl groups is 1. The average molecular weight is 291 g/mol. The van der Waals surface area contributed by atoms with Gasteiger partial charge in [0.1, 0.15) is 11.9 Å². The van der Waals surface area contributed by atoms with Crippen LogP contribution in [-0.2, 0) is 6.42 Å². The second-order valence-electron chi connectivity index (χ2n) is 6.07. The molecule has 0 spiro atoms. The number of aryl methyl sites for hydroxylation is 1. The van der Waals surface area contributed by atoms with Gasteiger partial charge in [0.15, 0.2) is 0 Å². The Balaban J connectivity index is 1.69. The number of aliphatic hydroxyl groups excluding tert-OH is 1. The molecule has 1 saturated heterocycles. The largest absolute Gasteiger partial charge is 0.489 e. The maximum Gasteiger partial charge on any atom is 0.119 e. The van der Waals surface area contributed by atoms with Gasteiger partial charge in [-0.05, 0) is 30.5 Å². The van der Waals surface area contributed by atoms with Gasteiger partial charge in [-0.1, -0.05) is 44.7 Å². The quantitative estimate of drug-likeness (QED) is 0.686. The van der Waals surface area contributed by atoms with Crippen LogP contribution in [0.2, 0.25) is 0 Å². The van der Waals surface area contributed by atoms with E-state index < -0.39 is 0 Å². The van der Waals surface area contributed by atoms with Crippen LogP contribution in [0.1, 0.15) is 51.0 Å². The Morgan fingerprint density at radius 3 is 2.57 bits per heavy atom. The summed E-state index contributed by atoms with van der Waals surface area (Å²) in [4.78, 5) is 0. The molecular formula is C18H29NO2. The molecule has 0 saturated carbocycles. The third-order valence-corrected chi connectivity index (χ3v) is 4.20. The van der Waals surface area contributed by atoms with Gasteiger partial charge in [-0.15, -0.1) is 0 Å². The fraction of sp³-hybridized carbons (Fsp3) is 0.667. The molecule has 1 heterocycles. The highest BCUT2D eigenvalue weighted by Gasteiger charge is 2.24. The van der Waals surface area contributed by atoms with Gasteiger partial charge in [-0.2, -0.15) is 0 Å². The van der Waals surface area contributed by atoms with E-state index >= 15 is 0 Å². The maximum atomic E-state index is 9.10. The van der Waals surface area contributed by atoms with E-state index in [2.05, 4.69) is 36.5 Å². The first-order chi connectivity index (χ1) is 10.3. The zero-order valence-electron chi connectivity index (χ0n) is 13.2. The summed E-state index contributed by atoms with van der Waals surface area (Å²) in [5, 5.41) is 12.4. The van der Waals surface area contributed by atoms with Gasteiger partial charge in [0.05, 0.1) is 6.61 Å². The molecule has 0 bridgehead atoms. The van der Waals surface area contributed by atoms with Crippen LogP contribution in [0, 0.1) is 0 Å². The number of hydrogen-bond acceptors (Lipinski definition) is 3. The van der Waals surface area contributed by atoms with Crippen molar-refractivity contribution >= 4 is 0 Å². The Hall–Kier alpha value is -1.06. The molecule has 3 nitrogen and oxygen atoms in total. The first kappa shape index (κ1) is 16.3. The summed E-state index contributed by atoms with van der Waals surface area (Å²) in [6, 6.07) is 8.71. The van der Waals surface area contributed by atoms with Crippen LogP contribution in [0.5, 0.6) is 5.75 Å². The third-order valence-electron chi connectivity index (χ3n) is 4.20. The van der Waals surface area contributed by atoms with E-state index in [-0.39, 0.29) is 18.8 Å². The molecule has 3 heteroatoms. The van der Waals surface area contributed by atoms with Gasteiger partial charge in [-0.25, -0.2) is 0 Å². The van der Waals surface area contributed by atoms with Gasteiger partial charge in [0, 0.05) is 19.0 Å². The van der Waals surface area contributed by atoms with E-state index in [0.29, 0.717) is 0 Å². The standard InChI is InChI=1S/C18H29NO2/c1-2-3-4-5-6-7-15-8-10-17(11-9-15)21-18-12-16(14-20)19-13-18/h8-11,16,18-20H,2-7,12-14H2,1H3. The smallest absolute Gasteiger partial charge is 0.119 e. The molecule has 0 radical (unpaired) electrons.